The molecule has 0 atom stereocenters. The van der Waals surface area contributed by atoms with Crippen LogP contribution in [0.4, 0.5) is 5.82 Å². The standard InChI is InChI=1S/C23H22ClN5O3S/c24-20-7-3-1-6-19(20)16-29-22(9-12-26-29)27-23(30)17-10-13-28(14-11-17)33(31,32)21-8-4-2-5-18(21)15-25/h1-9,12,17H,10-11,13-14,16H2,(H,27,30). The Labute approximate surface area is 197 Å². The van der Waals surface area contributed by atoms with Gasteiger partial charge in [-0.05, 0) is 36.6 Å². The number of halogens is 1. The van der Waals surface area contributed by atoms with Crippen molar-refractivity contribution in [2.45, 2.75) is 24.3 Å². The molecule has 1 aromatic heterocycles. The van der Waals surface area contributed by atoms with Gasteiger partial charge in [-0.25, -0.2) is 13.1 Å². The monoisotopic (exact) mass is 483 g/mol. The van der Waals surface area contributed by atoms with Gasteiger partial charge in [-0.2, -0.15) is 14.7 Å². The number of nitriles is 1. The van der Waals surface area contributed by atoms with Crippen LogP contribution in [0, 0.1) is 17.2 Å². The van der Waals surface area contributed by atoms with Crippen LogP contribution in [-0.4, -0.2) is 41.5 Å². The number of carbonyl (C=O) groups excluding carboxylic acids is 1. The average molecular weight is 484 g/mol. The average Bonchev–Trinajstić information content (AvgIpc) is 3.27. The summed E-state index contributed by atoms with van der Waals surface area (Å²) in [5, 5.41) is 17.1. The topological polar surface area (TPSA) is 108 Å². The van der Waals surface area contributed by atoms with Gasteiger partial charge in [-0.3, -0.25) is 4.79 Å². The molecule has 8 nitrogen and oxygen atoms in total. The van der Waals surface area contributed by atoms with E-state index in [1.165, 1.54) is 16.4 Å². The molecule has 4 rings (SSSR count). The van der Waals surface area contributed by atoms with E-state index in [0.717, 1.165) is 5.56 Å². The van der Waals surface area contributed by atoms with Crippen molar-refractivity contribution in [3.05, 3.63) is 76.9 Å². The zero-order valence-corrected chi connectivity index (χ0v) is 19.3. The Hall–Kier alpha value is -3.19. The number of rotatable bonds is 6. The second kappa shape index (κ2) is 9.75. The van der Waals surface area contributed by atoms with E-state index in [1.54, 1.807) is 35.1 Å². The predicted molar refractivity (Wildman–Crippen MR) is 124 cm³/mol. The third-order valence-corrected chi connectivity index (χ3v) is 8.02. The Kier molecular flexibility index (Phi) is 6.79. The lowest BCUT2D eigenvalue weighted by molar-refractivity contribution is -0.121. The van der Waals surface area contributed by atoms with Crippen LogP contribution in [0.2, 0.25) is 5.02 Å². The summed E-state index contributed by atoms with van der Waals surface area (Å²) in [5.41, 5.74) is 0.999. The summed E-state index contributed by atoms with van der Waals surface area (Å²) in [6, 6.07) is 17.2. The minimum Gasteiger partial charge on any atom is -0.311 e. The van der Waals surface area contributed by atoms with Gasteiger partial charge in [-0.1, -0.05) is 41.9 Å². The van der Waals surface area contributed by atoms with Crippen LogP contribution in [0.15, 0.2) is 65.7 Å². The first-order chi connectivity index (χ1) is 15.9. The molecular formula is C23H22ClN5O3S. The molecule has 0 saturated carbocycles. The molecule has 0 spiro atoms. The molecule has 0 radical (unpaired) electrons. The van der Waals surface area contributed by atoms with Gasteiger partial charge in [0.2, 0.25) is 15.9 Å². The van der Waals surface area contributed by atoms with Crippen molar-refractivity contribution in [2.24, 2.45) is 5.92 Å². The first-order valence-corrected chi connectivity index (χ1v) is 12.3. The number of anilines is 1. The Morgan fingerprint density at radius 2 is 1.82 bits per heavy atom. The van der Waals surface area contributed by atoms with Crippen molar-refractivity contribution >= 4 is 33.3 Å². The molecule has 2 heterocycles. The molecule has 33 heavy (non-hydrogen) atoms. The highest BCUT2D eigenvalue weighted by molar-refractivity contribution is 7.89. The number of hydrogen-bond donors (Lipinski definition) is 1. The minimum atomic E-state index is -3.80. The molecule has 1 N–H and O–H groups in total. The van der Waals surface area contributed by atoms with E-state index in [1.807, 2.05) is 24.3 Å². The highest BCUT2D eigenvalue weighted by atomic mass is 35.5. The third kappa shape index (κ3) is 4.93. The van der Waals surface area contributed by atoms with Gasteiger partial charge in [0.05, 0.1) is 23.2 Å². The summed E-state index contributed by atoms with van der Waals surface area (Å²) < 4.78 is 29.0. The number of piperidine rings is 1. The SMILES string of the molecule is N#Cc1ccccc1S(=O)(=O)N1CCC(C(=O)Nc2ccnn2Cc2ccccc2Cl)CC1. The predicted octanol–water partition coefficient (Wildman–Crippen LogP) is 3.50. The van der Waals surface area contributed by atoms with Crippen LogP contribution >= 0.6 is 11.6 Å². The van der Waals surface area contributed by atoms with E-state index in [2.05, 4.69) is 10.4 Å². The zero-order valence-electron chi connectivity index (χ0n) is 17.7. The Morgan fingerprint density at radius 3 is 2.55 bits per heavy atom. The van der Waals surface area contributed by atoms with Crippen LogP contribution in [-0.2, 0) is 21.4 Å². The normalized spacial score (nSPS) is 15.2. The lowest BCUT2D eigenvalue weighted by atomic mass is 9.97. The molecule has 1 amide bonds. The summed E-state index contributed by atoms with van der Waals surface area (Å²) in [6.07, 6.45) is 2.38. The fourth-order valence-electron chi connectivity index (χ4n) is 3.86. The van der Waals surface area contributed by atoms with Crippen LogP contribution in [0.25, 0.3) is 0 Å². The molecule has 170 valence electrons. The number of hydrogen-bond acceptors (Lipinski definition) is 5. The number of amides is 1. The molecule has 0 aliphatic carbocycles. The maximum absolute atomic E-state index is 13.0. The first-order valence-electron chi connectivity index (χ1n) is 10.5. The molecule has 1 aliphatic heterocycles. The molecular weight excluding hydrogens is 462 g/mol. The highest BCUT2D eigenvalue weighted by Gasteiger charge is 2.33. The highest BCUT2D eigenvalue weighted by Crippen LogP contribution is 2.27. The van der Waals surface area contributed by atoms with Crippen LogP contribution < -0.4 is 5.32 Å². The number of carbonyl (C=O) groups is 1. The van der Waals surface area contributed by atoms with Gasteiger partial charge < -0.3 is 5.32 Å². The lowest BCUT2D eigenvalue weighted by Gasteiger charge is -2.30. The maximum Gasteiger partial charge on any atom is 0.244 e. The van der Waals surface area contributed by atoms with E-state index in [4.69, 9.17) is 11.6 Å². The van der Waals surface area contributed by atoms with Gasteiger partial charge >= 0.3 is 0 Å². The number of nitrogens with zero attached hydrogens (tertiary/aromatic N) is 4. The fraction of sp³-hybridized carbons (Fsp3) is 0.261. The molecule has 0 bridgehead atoms. The second-order valence-electron chi connectivity index (χ2n) is 7.74. The first kappa shape index (κ1) is 23.0. The maximum atomic E-state index is 13.0. The summed E-state index contributed by atoms with van der Waals surface area (Å²) >= 11 is 6.23. The van der Waals surface area contributed by atoms with Gasteiger partial charge in [0.15, 0.2) is 0 Å². The smallest absolute Gasteiger partial charge is 0.244 e. The minimum absolute atomic E-state index is 0.00104. The largest absolute Gasteiger partial charge is 0.311 e. The van der Waals surface area contributed by atoms with Crippen molar-refractivity contribution in [3.63, 3.8) is 0 Å². The third-order valence-electron chi connectivity index (χ3n) is 5.70. The van der Waals surface area contributed by atoms with Gasteiger partial charge in [-0.15, -0.1) is 0 Å². The molecule has 2 aromatic carbocycles. The van der Waals surface area contributed by atoms with E-state index in [0.29, 0.717) is 30.2 Å². The second-order valence-corrected chi connectivity index (χ2v) is 10.1. The lowest BCUT2D eigenvalue weighted by Crippen LogP contribution is -2.41. The molecule has 3 aromatic rings. The quantitative estimate of drug-likeness (QED) is 0.577. The van der Waals surface area contributed by atoms with Gasteiger partial charge in [0.1, 0.15) is 11.9 Å². The molecule has 1 saturated heterocycles. The van der Waals surface area contributed by atoms with E-state index in [9.17, 15) is 18.5 Å². The zero-order chi connectivity index (χ0) is 23.4. The van der Waals surface area contributed by atoms with Crippen LogP contribution in [0.1, 0.15) is 24.0 Å². The summed E-state index contributed by atoms with van der Waals surface area (Å²) in [6.45, 7) is 0.829. The van der Waals surface area contributed by atoms with E-state index in [-0.39, 0.29) is 35.4 Å². The van der Waals surface area contributed by atoms with Crippen LogP contribution in [0.3, 0.4) is 0 Å². The van der Waals surface area contributed by atoms with E-state index < -0.39 is 10.0 Å². The Morgan fingerprint density at radius 1 is 1.12 bits per heavy atom. The molecule has 0 unspecified atom stereocenters. The van der Waals surface area contributed by atoms with Gasteiger partial charge in [0, 0.05) is 30.1 Å². The molecule has 1 fully saturated rings. The summed E-state index contributed by atoms with van der Waals surface area (Å²) in [4.78, 5) is 12.9. The van der Waals surface area contributed by atoms with Crippen molar-refractivity contribution in [2.75, 3.05) is 18.4 Å². The Bertz CT molecular complexity index is 1310. The Balaban J connectivity index is 1.40. The number of nitrogens with one attached hydrogen (secondary N) is 1. The van der Waals surface area contributed by atoms with Crippen molar-refractivity contribution < 1.29 is 13.2 Å². The fourth-order valence-corrected chi connectivity index (χ4v) is 5.67. The number of aromatic nitrogens is 2. The number of sulfonamides is 1. The van der Waals surface area contributed by atoms with Gasteiger partial charge in [0.25, 0.3) is 0 Å². The summed E-state index contributed by atoms with van der Waals surface area (Å²) in [7, 11) is -3.80. The van der Waals surface area contributed by atoms with E-state index >= 15 is 0 Å². The number of benzene rings is 2. The molecule has 1 aliphatic rings. The molecule has 10 heteroatoms. The van der Waals surface area contributed by atoms with Crippen molar-refractivity contribution in [3.8, 4) is 6.07 Å². The van der Waals surface area contributed by atoms with Crippen LogP contribution in [0.5, 0.6) is 0 Å². The summed E-state index contributed by atoms with van der Waals surface area (Å²) in [5.74, 6) is 0.0506. The van der Waals surface area contributed by atoms with Crippen molar-refractivity contribution in [1.82, 2.24) is 14.1 Å². The van der Waals surface area contributed by atoms with Crippen molar-refractivity contribution in [1.29, 1.82) is 5.26 Å².